The first-order valence-corrected chi connectivity index (χ1v) is 7.24. The van der Waals surface area contributed by atoms with Crippen LogP contribution in [-0.2, 0) is 0 Å². The van der Waals surface area contributed by atoms with Gasteiger partial charge in [-0.25, -0.2) is 0 Å². The molecule has 0 bridgehead atoms. The van der Waals surface area contributed by atoms with Gasteiger partial charge in [0.25, 0.3) is 0 Å². The standard InChI is InChI=1S/C16H25NO2/c1-4-8-17-16-7-5-6-15(16)12-9-13(18-2)11-14(10-12)19-3/h9-11,15-17H,4-8H2,1-3H3. The zero-order valence-corrected chi connectivity index (χ0v) is 12.2. The summed E-state index contributed by atoms with van der Waals surface area (Å²) in [5, 5.41) is 3.67. The van der Waals surface area contributed by atoms with E-state index in [1.54, 1.807) is 14.2 Å². The molecule has 3 nitrogen and oxygen atoms in total. The molecule has 1 aromatic carbocycles. The van der Waals surface area contributed by atoms with E-state index in [0.717, 1.165) is 18.0 Å². The lowest BCUT2D eigenvalue weighted by Gasteiger charge is -2.22. The summed E-state index contributed by atoms with van der Waals surface area (Å²) in [5.41, 5.74) is 1.34. The van der Waals surface area contributed by atoms with Gasteiger partial charge in [0.05, 0.1) is 14.2 Å². The third-order valence-electron chi connectivity index (χ3n) is 3.97. The molecule has 2 unspecified atom stereocenters. The molecule has 0 amide bonds. The van der Waals surface area contributed by atoms with Gasteiger partial charge in [0.15, 0.2) is 0 Å². The number of hydrogen-bond acceptors (Lipinski definition) is 3. The number of hydrogen-bond donors (Lipinski definition) is 1. The highest BCUT2D eigenvalue weighted by atomic mass is 16.5. The summed E-state index contributed by atoms with van der Waals surface area (Å²) >= 11 is 0. The van der Waals surface area contributed by atoms with Gasteiger partial charge in [-0.2, -0.15) is 0 Å². The summed E-state index contributed by atoms with van der Waals surface area (Å²) in [4.78, 5) is 0. The molecule has 1 aromatic rings. The molecule has 0 heterocycles. The maximum atomic E-state index is 5.37. The minimum atomic E-state index is 0.579. The maximum absolute atomic E-state index is 5.37. The summed E-state index contributed by atoms with van der Waals surface area (Å²) in [6.07, 6.45) is 5.00. The number of rotatable bonds is 6. The average molecular weight is 263 g/mol. The van der Waals surface area contributed by atoms with Gasteiger partial charge < -0.3 is 14.8 Å². The number of methoxy groups -OCH3 is 2. The monoisotopic (exact) mass is 263 g/mol. The van der Waals surface area contributed by atoms with Crippen LogP contribution in [0.1, 0.15) is 44.1 Å². The van der Waals surface area contributed by atoms with E-state index < -0.39 is 0 Å². The van der Waals surface area contributed by atoms with Gasteiger partial charge in [-0.15, -0.1) is 0 Å². The molecule has 1 fully saturated rings. The van der Waals surface area contributed by atoms with Crippen LogP contribution in [0.3, 0.4) is 0 Å². The molecule has 0 spiro atoms. The van der Waals surface area contributed by atoms with Crippen LogP contribution in [0, 0.1) is 0 Å². The molecule has 0 aromatic heterocycles. The van der Waals surface area contributed by atoms with Gasteiger partial charge >= 0.3 is 0 Å². The molecule has 0 saturated heterocycles. The average Bonchev–Trinajstić information content (AvgIpc) is 2.92. The van der Waals surface area contributed by atoms with Crippen molar-refractivity contribution in [2.24, 2.45) is 0 Å². The molecule has 1 aliphatic rings. The molecule has 19 heavy (non-hydrogen) atoms. The summed E-state index contributed by atoms with van der Waals surface area (Å²) in [7, 11) is 3.42. The van der Waals surface area contributed by atoms with Crippen molar-refractivity contribution in [1.82, 2.24) is 5.32 Å². The van der Waals surface area contributed by atoms with E-state index >= 15 is 0 Å². The summed E-state index contributed by atoms with van der Waals surface area (Å²) < 4.78 is 10.7. The van der Waals surface area contributed by atoms with Crippen molar-refractivity contribution in [2.75, 3.05) is 20.8 Å². The Kier molecular flexibility index (Phi) is 5.08. The van der Waals surface area contributed by atoms with Crippen LogP contribution in [0.2, 0.25) is 0 Å². The Morgan fingerprint density at radius 1 is 1.11 bits per heavy atom. The normalized spacial score (nSPS) is 22.5. The molecule has 1 N–H and O–H groups in total. The highest BCUT2D eigenvalue weighted by Crippen LogP contribution is 2.37. The van der Waals surface area contributed by atoms with Crippen molar-refractivity contribution in [3.63, 3.8) is 0 Å². The molecule has 2 rings (SSSR count). The van der Waals surface area contributed by atoms with Gasteiger partial charge in [0.1, 0.15) is 11.5 Å². The summed E-state index contributed by atoms with van der Waals surface area (Å²) in [5.74, 6) is 2.35. The first-order valence-electron chi connectivity index (χ1n) is 7.24. The van der Waals surface area contributed by atoms with Crippen molar-refractivity contribution in [3.05, 3.63) is 23.8 Å². The summed E-state index contributed by atoms with van der Waals surface area (Å²) in [6, 6.07) is 6.84. The molecule has 0 radical (unpaired) electrons. The Morgan fingerprint density at radius 2 is 1.79 bits per heavy atom. The lowest BCUT2D eigenvalue weighted by atomic mass is 9.93. The van der Waals surface area contributed by atoms with E-state index in [4.69, 9.17) is 9.47 Å². The van der Waals surface area contributed by atoms with E-state index in [0.29, 0.717) is 12.0 Å². The van der Waals surface area contributed by atoms with Crippen LogP contribution in [0.15, 0.2) is 18.2 Å². The maximum Gasteiger partial charge on any atom is 0.122 e. The molecular weight excluding hydrogens is 238 g/mol. The molecule has 106 valence electrons. The highest BCUT2D eigenvalue weighted by Gasteiger charge is 2.28. The third-order valence-corrected chi connectivity index (χ3v) is 3.97. The fourth-order valence-electron chi connectivity index (χ4n) is 2.98. The van der Waals surface area contributed by atoms with Gasteiger partial charge in [0, 0.05) is 12.1 Å². The van der Waals surface area contributed by atoms with Gasteiger partial charge in [-0.05, 0) is 49.4 Å². The van der Waals surface area contributed by atoms with Crippen molar-refractivity contribution >= 4 is 0 Å². The van der Waals surface area contributed by atoms with E-state index in [9.17, 15) is 0 Å². The van der Waals surface area contributed by atoms with Gasteiger partial charge in [0.2, 0.25) is 0 Å². The Balaban J connectivity index is 2.19. The van der Waals surface area contributed by atoms with Crippen molar-refractivity contribution in [3.8, 4) is 11.5 Å². The molecule has 1 saturated carbocycles. The number of nitrogens with one attached hydrogen (secondary N) is 1. The van der Waals surface area contributed by atoms with Crippen LogP contribution < -0.4 is 14.8 Å². The Labute approximate surface area is 116 Å². The fraction of sp³-hybridized carbons (Fsp3) is 0.625. The lowest BCUT2D eigenvalue weighted by molar-refractivity contribution is 0.391. The highest BCUT2D eigenvalue weighted by molar-refractivity contribution is 5.40. The molecule has 3 heteroatoms. The number of ether oxygens (including phenoxy) is 2. The van der Waals surface area contributed by atoms with Crippen LogP contribution >= 0.6 is 0 Å². The second-order valence-electron chi connectivity index (χ2n) is 5.24. The smallest absolute Gasteiger partial charge is 0.122 e. The second-order valence-corrected chi connectivity index (χ2v) is 5.24. The lowest BCUT2D eigenvalue weighted by Crippen LogP contribution is -2.31. The predicted octanol–water partition coefficient (Wildman–Crippen LogP) is 3.34. The first-order chi connectivity index (χ1) is 9.28. The zero-order valence-electron chi connectivity index (χ0n) is 12.2. The quantitative estimate of drug-likeness (QED) is 0.854. The molecular formula is C16H25NO2. The molecule has 1 aliphatic carbocycles. The van der Waals surface area contributed by atoms with Crippen molar-refractivity contribution in [2.45, 2.75) is 44.6 Å². The van der Waals surface area contributed by atoms with Gasteiger partial charge in [-0.1, -0.05) is 13.3 Å². The predicted molar refractivity (Wildman–Crippen MR) is 78.2 cm³/mol. The largest absolute Gasteiger partial charge is 0.497 e. The van der Waals surface area contributed by atoms with E-state index in [1.807, 2.05) is 6.07 Å². The Bertz CT molecular complexity index is 383. The van der Waals surface area contributed by atoms with Crippen LogP contribution in [0.4, 0.5) is 0 Å². The second kappa shape index (κ2) is 6.80. The molecule has 2 atom stereocenters. The van der Waals surface area contributed by atoms with E-state index in [1.165, 1.54) is 31.2 Å². The minimum absolute atomic E-state index is 0.579. The third kappa shape index (κ3) is 3.41. The van der Waals surface area contributed by atoms with Crippen LogP contribution in [0.25, 0.3) is 0 Å². The summed E-state index contributed by atoms with van der Waals surface area (Å²) in [6.45, 7) is 3.31. The number of benzene rings is 1. The SMILES string of the molecule is CCCNC1CCCC1c1cc(OC)cc(OC)c1. The first kappa shape index (κ1) is 14.2. The van der Waals surface area contributed by atoms with E-state index in [2.05, 4.69) is 24.4 Å². The fourth-order valence-corrected chi connectivity index (χ4v) is 2.98. The van der Waals surface area contributed by atoms with E-state index in [-0.39, 0.29) is 0 Å². The minimum Gasteiger partial charge on any atom is -0.497 e. The molecule has 0 aliphatic heterocycles. The van der Waals surface area contributed by atoms with Crippen LogP contribution in [-0.4, -0.2) is 26.8 Å². The van der Waals surface area contributed by atoms with Crippen LogP contribution in [0.5, 0.6) is 11.5 Å². The van der Waals surface area contributed by atoms with Gasteiger partial charge in [-0.3, -0.25) is 0 Å². The van der Waals surface area contributed by atoms with Crippen molar-refractivity contribution < 1.29 is 9.47 Å². The Hall–Kier alpha value is -1.22. The van der Waals surface area contributed by atoms with Crippen molar-refractivity contribution in [1.29, 1.82) is 0 Å². The zero-order chi connectivity index (χ0) is 13.7. The Morgan fingerprint density at radius 3 is 2.37 bits per heavy atom. The topological polar surface area (TPSA) is 30.5 Å².